The fraction of sp³-hybridized carbons (Fsp3) is 0.211. The van der Waals surface area contributed by atoms with Crippen molar-refractivity contribution in [3.63, 3.8) is 0 Å². The third-order valence-electron chi connectivity index (χ3n) is 3.94. The molecule has 0 unspecified atom stereocenters. The zero-order valence-corrected chi connectivity index (χ0v) is 12.9. The third-order valence-corrected chi connectivity index (χ3v) is 3.94. The van der Waals surface area contributed by atoms with Crippen LogP contribution in [0.5, 0.6) is 11.5 Å². The van der Waals surface area contributed by atoms with Crippen LogP contribution in [0, 0.1) is 0 Å². The van der Waals surface area contributed by atoms with E-state index in [0.717, 1.165) is 30.4 Å². The molecule has 0 spiro atoms. The normalized spacial score (nSPS) is 11.0. The predicted octanol–water partition coefficient (Wildman–Crippen LogP) is 4.21. The van der Waals surface area contributed by atoms with Crippen LogP contribution in [0.4, 0.5) is 0 Å². The molecule has 2 aromatic carbocycles. The lowest BCUT2D eigenvalue weighted by atomic mass is 9.99. The van der Waals surface area contributed by atoms with Gasteiger partial charge < -0.3 is 14.6 Å². The molecule has 4 heteroatoms. The van der Waals surface area contributed by atoms with E-state index >= 15 is 0 Å². The Hall–Kier alpha value is -2.75. The zero-order valence-electron chi connectivity index (χ0n) is 12.9. The van der Waals surface area contributed by atoms with Gasteiger partial charge in [0, 0.05) is 5.56 Å². The number of hydrogen-bond acceptors (Lipinski definition) is 4. The number of phenols is 2. The molecule has 0 aliphatic heterocycles. The molecule has 3 aromatic rings. The molecule has 0 fully saturated rings. The van der Waals surface area contributed by atoms with Gasteiger partial charge in [0.2, 0.25) is 0 Å². The first-order valence-electron chi connectivity index (χ1n) is 7.68. The average molecular weight is 310 g/mol. The van der Waals surface area contributed by atoms with Crippen molar-refractivity contribution in [2.75, 3.05) is 0 Å². The van der Waals surface area contributed by atoms with Gasteiger partial charge >= 0.3 is 5.63 Å². The van der Waals surface area contributed by atoms with E-state index in [1.807, 2.05) is 24.3 Å². The van der Waals surface area contributed by atoms with E-state index in [9.17, 15) is 15.0 Å². The number of benzene rings is 2. The third kappa shape index (κ3) is 2.93. The molecule has 0 saturated carbocycles. The standard InChI is InChI=1S/C19H18O4/c1-2-3-6-12-7-4-5-8-14(12)18-10-13-9-16(20)17(21)11-15(13)19(22)23-18/h4-5,7-11,20-21H,2-3,6H2,1H3. The van der Waals surface area contributed by atoms with Gasteiger partial charge in [-0.05, 0) is 42.0 Å². The van der Waals surface area contributed by atoms with Crippen molar-refractivity contribution < 1.29 is 14.6 Å². The molecular weight excluding hydrogens is 292 g/mol. The van der Waals surface area contributed by atoms with Crippen LogP contribution in [-0.4, -0.2) is 10.2 Å². The van der Waals surface area contributed by atoms with Gasteiger partial charge in [0.15, 0.2) is 11.5 Å². The van der Waals surface area contributed by atoms with E-state index in [1.54, 1.807) is 6.07 Å². The Kier molecular flexibility index (Phi) is 4.06. The molecule has 23 heavy (non-hydrogen) atoms. The molecule has 0 bridgehead atoms. The maximum Gasteiger partial charge on any atom is 0.344 e. The molecule has 0 atom stereocenters. The fourth-order valence-electron chi connectivity index (χ4n) is 2.69. The summed E-state index contributed by atoms with van der Waals surface area (Å²) in [6, 6.07) is 12.2. The van der Waals surface area contributed by atoms with Crippen molar-refractivity contribution in [2.24, 2.45) is 0 Å². The van der Waals surface area contributed by atoms with Crippen molar-refractivity contribution in [2.45, 2.75) is 26.2 Å². The van der Waals surface area contributed by atoms with E-state index in [2.05, 4.69) is 6.92 Å². The SMILES string of the molecule is CCCCc1ccccc1-c1cc2cc(O)c(O)cc2c(=O)o1. The van der Waals surface area contributed by atoms with Crippen LogP contribution < -0.4 is 5.63 Å². The monoisotopic (exact) mass is 310 g/mol. The van der Waals surface area contributed by atoms with Crippen molar-refractivity contribution in [1.82, 2.24) is 0 Å². The number of hydrogen-bond donors (Lipinski definition) is 2. The molecule has 0 amide bonds. The van der Waals surface area contributed by atoms with Gasteiger partial charge in [-0.3, -0.25) is 0 Å². The van der Waals surface area contributed by atoms with Gasteiger partial charge in [-0.25, -0.2) is 4.79 Å². The molecule has 0 aliphatic carbocycles. The topological polar surface area (TPSA) is 70.7 Å². The smallest absolute Gasteiger partial charge is 0.344 e. The Labute approximate surface area is 133 Å². The minimum atomic E-state index is -0.530. The lowest BCUT2D eigenvalue weighted by Crippen LogP contribution is -2.01. The summed E-state index contributed by atoms with van der Waals surface area (Å²) in [7, 11) is 0. The quantitative estimate of drug-likeness (QED) is 0.708. The molecule has 1 aromatic heterocycles. The molecule has 118 valence electrons. The number of aromatic hydroxyl groups is 2. The Balaban J connectivity index is 2.18. The molecule has 0 radical (unpaired) electrons. The lowest BCUT2D eigenvalue weighted by Gasteiger charge is -2.09. The average Bonchev–Trinajstić information content (AvgIpc) is 2.55. The summed E-state index contributed by atoms with van der Waals surface area (Å²) >= 11 is 0. The van der Waals surface area contributed by atoms with E-state index in [4.69, 9.17) is 4.42 Å². The van der Waals surface area contributed by atoms with Crippen LogP contribution in [-0.2, 0) is 6.42 Å². The van der Waals surface area contributed by atoms with E-state index in [-0.39, 0.29) is 16.9 Å². The maximum atomic E-state index is 12.2. The summed E-state index contributed by atoms with van der Waals surface area (Å²) in [4.78, 5) is 12.2. The molecule has 0 aliphatic rings. The predicted molar refractivity (Wildman–Crippen MR) is 89.9 cm³/mol. The van der Waals surface area contributed by atoms with Crippen LogP contribution in [0.25, 0.3) is 22.1 Å². The van der Waals surface area contributed by atoms with Crippen LogP contribution in [0.3, 0.4) is 0 Å². The summed E-state index contributed by atoms with van der Waals surface area (Å²) in [6.07, 6.45) is 3.06. The van der Waals surface area contributed by atoms with Crippen molar-refractivity contribution in [3.05, 3.63) is 58.4 Å². The summed E-state index contributed by atoms with van der Waals surface area (Å²) in [5.41, 5.74) is 1.48. The summed E-state index contributed by atoms with van der Waals surface area (Å²) in [5.74, 6) is -0.117. The van der Waals surface area contributed by atoms with Crippen molar-refractivity contribution in [3.8, 4) is 22.8 Å². The van der Waals surface area contributed by atoms with Crippen molar-refractivity contribution >= 4 is 10.8 Å². The van der Waals surface area contributed by atoms with Gasteiger partial charge in [0.25, 0.3) is 0 Å². The number of rotatable bonds is 4. The molecule has 3 rings (SSSR count). The minimum Gasteiger partial charge on any atom is -0.504 e. The van der Waals surface area contributed by atoms with Crippen molar-refractivity contribution in [1.29, 1.82) is 0 Å². The summed E-state index contributed by atoms with van der Waals surface area (Å²) < 4.78 is 5.44. The Bertz CT molecular complexity index is 909. The fourth-order valence-corrected chi connectivity index (χ4v) is 2.69. The van der Waals surface area contributed by atoms with Crippen LogP contribution in [0.15, 0.2) is 51.7 Å². The first kappa shape index (κ1) is 15.2. The van der Waals surface area contributed by atoms with Crippen LogP contribution >= 0.6 is 0 Å². The van der Waals surface area contributed by atoms with Gasteiger partial charge in [0.05, 0.1) is 5.39 Å². The number of aryl methyl sites for hydroxylation is 1. The first-order chi connectivity index (χ1) is 11.1. The molecule has 0 saturated heterocycles. The second-order valence-corrected chi connectivity index (χ2v) is 5.59. The highest BCUT2D eigenvalue weighted by molar-refractivity contribution is 5.87. The number of unbranched alkanes of at least 4 members (excludes halogenated alkanes) is 1. The summed E-state index contributed by atoms with van der Waals surface area (Å²) in [6.45, 7) is 2.13. The van der Waals surface area contributed by atoms with Gasteiger partial charge in [-0.2, -0.15) is 0 Å². The molecule has 1 heterocycles. The highest BCUT2D eigenvalue weighted by Gasteiger charge is 2.12. The Morgan fingerprint density at radius 2 is 1.78 bits per heavy atom. The number of fused-ring (bicyclic) bond motifs is 1. The largest absolute Gasteiger partial charge is 0.504 e. The van der Waals surface area contributed by atoms with Crippen LogP contribution in [0.2, 0.25) is 0 Å². The van der Waals surface area contributed by atoms with Gasteiger partial charge in [0.1, 0.15) is 5.76 Å². The molecule has 4 nitrogen and oxygen atoms in total. The second kappa shape index (κ2) is 6.16. The number of phenolic OH excluding ortho intramolecular Hbond substituents is 2. The molecular formula is C19H18O4. The first-order valence-corrected chi connectivity index (χ1v) is 7.68. The minimum absolute atomic E-state index is 0.245. The Morgan fingerprint density at radius 3 is 2.57 bits per heavy atom. The van der Waals surface area contributed by atoms with E-state index in [1.165, 1.54) is 12.1 Å². The summed E-state index contributed by atoms with van der Waals surface area (Å²) in [5, 5.41) is 20.0. The van der Waals surface area contributed by atoms with E-state index < -0.39 is 5.63 Å². The lowest BCUT2D eigenvalue weighted by molar-refractivity contribution is 0.404. The van der Waals surface area contributed by atoms with Gasteiger partial charge in [-0.1, -0.05) is 37.6 Å². The Morgan fingerprint density at radius 1 is 1.04 bits per heavy atom. The zero-order chi connectivity index (χ0) is 16.4. The maximum absolute atomic E-state index is 12.2. The van der Waals surface area contributed by atoms with Crippen LogP contribution in [0.1, 0.15) is 25.3 Å². The highest BCUT2D eigenvalue weighted by Crippen LogP contribution is 2.32. The van der Waals surface area contributed by atoms with E-state index in [0.29, 0.717) is 11.1 Å². The second-order valence-electron chi connectivity index (χ2n) is 5.59. The molecule has 2 N–H and O–H groups in total. The highest BCUT2D eigenvalue weighted by atomic mass is 16.4. The van der Waals surface area contributed by atoms with Gasteiger partial charge in [-0.15, -0.1) is 0 Å².